The van der Waals surface area contributed by atoms with E-state index in [9.17, 15) is 9.59 Å². The van der Waals surface area contributed by atoms with Crippen molar-refractivity contribution in [3.8, 4) is 0 Å². The van der Waals surface area contributed by atoms with Gasteiger partial charge in [0.1, 0.15) is 0 Å². The largest absolute Gasteiger partial charge is 0.481 e. The van der Waals surface area contributed by atoms with Gasteiger partial charge in [-0.05, 0) is 39.5 Å². The number of urea groups is 1. The Labute approximate surface area is 120 Å². The number of carbonyl (C=O) groups excluding carboxylic acids is 1. The summed E-state index contributed by atoms with van der Waals surface area (Å²) >= 11 is 0. The van der Waals surface area contributed by atoms with Gasteiger partial charge in [0.25, 0.3) is 0 Å². The summed E-state index contributed by atoms with van der Waals surface area (Å²) in [7, 11) is 0. The van der Waals surface area contributed by atoms with Crippen molar-refractivity contribution in [2.24, 2.45) is 5.92 Å². The van der Waals surface area contributed by atoms with Crippen molar-refractivity contribution < 1.29 is 14.7 Å². The molecule has 2 rings (SSSR count). The average molecular weight is 283 g/mol. The standard InChI is InChI=1S/C14H25N3O3/c1-10-5-3-6-11(2)17(10)15-14(20)16-8-4-7-12(9-16)13(18)19/h10-12H,3-9H2,1-2H3,(H,15,20)(H,18,19)/t10?,11?,12-/m0/s1. The van der Waals surface area contributed by atoms with E-state index in [1.807, 2.05) is 5.01 Å². The lowest BCUT2D eigenvalue weighted by molar-refractivity contribution is -0.143. The monoisotopic (exact) mass is 283 g/mol. The number of rotatable bonds is 2. The number of carbonyl (C=O) groups is 2. The maximum Gasteiger partial charge on any atom is 0.331 e. The van der Waals surface area contributed by atoms with Gasteiger partial charge in [-0.1, -0.05) is 6.42 Å². The molecule has 0 spiro atoms. The minimum Gasteiger partial charge on any atom is -0.481 e. The van der Waals surface area contributed by atoms with E-state index >= 15 is 0 Å². The second kappa shape index (κ2) is 6.43. The van der Waals surface area contributed by atoms with Crippen LogP contribution in [-0.2, 0) is 4.79 Å². The molecule has 0 aromatic heterocycles. The molecule has 2 amide bonds. The number of hydrazine groups is 1. The highest BCUT2D eigenvalue weighted by Gasteiger charge is 2.31. The third kappa shape index (κ3) is 3.42. The summed E-state index contributed by atoms with van der Waals surface area (Å²) in [6, 6.07) is 0.516. The minimum atomic E-state index is -0.804. The first-order valence-electron chi connectivity index (χ1n) is 7.55. The van der Waals surface area contributed by atoms with Crippen molar-refractivity contribution in [2.45, 2.75) is 58.0 Å². The van der Waals surface area contributed by atoms with Gasteiger partial charge < -0.3 is 10.0 Å². The fourth-order valence-corrected chi connectivity index (χ4v) is 3.19. The quantitative estimate of drug-likeness (QED) is 0.808. The van der Waals surface area contributed by atoms with E-state index in [0.717, 1.165) is 19.3 Å². The molecular formula is C14H25N3O3. The van der Waals surface area contributed by atoms with Gasteiger partial charge in [0.05, 0.1) is 5.92 Å². The molecule has 2 saturated heterocycles. The molecular weight excluding hydrogens is 258 g/mol. The fourth-order valence-electron chi connectivity index (χ4n) is 3.19. The zero-order valence-electron chi connectivity index (χ0n) is 12.3. The molecule has 0 radical (unpaired) electrons. The van der Waals surface area contributed by atoms with Crippen LogP contribution in [0.15, 0.2) is 0 Å². The number of amides is 2. The van der Waals surface area contributed by atoms with E-state index in [0.29, 0.717) is 31.6 Å². The Morgan fingerprint density at radius 3 is 2.35 bits per heavy atom. The molecule has 6 heteroatoms. The SMILES string of the molecule is CC1CCCC(C)N1NC(=O)N1CCC[C@H](C(=O)O)C1. The van der Waals surface area contributed by atoms with Gasteiger partial charge in [0.2, 0.25) is 0 Å². The Hall–Kier alpha value is -1.30. The maximum absolute atomic E-state index is 12.3. The predicted octanol–water partition coefficient (Wildman–Crippen LogP) is 1.67. The van der Waals surface area contributed by atoms with Crippen LogP contribution >= 0.6 is 0 Å². The molecule has 0 aromatic rings. The van der Waals surface area contributed by atoms with Crippen LogP contribution in [0.5, 0.6) is 0 Å². The van der Waals surface area contributed by atoms with Crippen molar-refractivity contribution in [3.05, 3.63) is 0 Å². The number of piperidine rings is 2. The topological polar surface area (TPSA) is 72.9 Å². The summed E-state index contributed by atoms with van der Waals surface area (Å²) in [6.07, 6.45) is 4.79. The highest BCUT2D eigenvalue weighted by atomic mass is 16.4. The van der Waals surface area contributed by atoms with Gasteiger partial charge in [0, 0.05) is 25.2 Å². The first kappa shape index (κ1) is 15.1. The van der Waals surface area contributed by atoms with Crippen molar-refractivity contribution >= 4 is 12.0 Å². The summed E-state index contributed by atoms with van der Waals surface area (Å²) in [5, 5.41) is 11.1. The fraction of sp³-hybridized carbons (Fsp3) is 0.857. The number of nitrogens with zero attached hydrogens (tertiary/aromatic N) is 2. The van der Waals surface area contributed by atoms with Gasteiger partial charge in [-0.15, -0.1) is 0 Å². The Balaban J connectivity index is 1.92. The summed E-state index contributed by atoms with van der Waals surface area (Å²) in [4.78, 5) is 25.0. The molecule has 114 valence electrons. The lowest BCUT2D eigenvalue weighted by Gasteiger charge is -2.40. The van der Waals surface area contributed by atoms with Crippen LogP contribution in [0.2, 0.25) is 0 Å². The van der Waals surface area contributed by atoms with Crippen LogP contribution in [0.25, 0.3) is 0 Å². The Kier molecular flexibility index (Phi) is 4.86. The molecule has 0 aliphatic carbocycles. The molecule has 2 N–H and O–H groups in total. The second-order valence-electron chi connectivity index (χ2n) is 6.08. The Morgan fingerprint density at radius 1 is 1.10 bits per heavy atom. The minimum absolute atomic E-state index is 0.156. The van der Waals surface area contributed by atoms with Crippen LogP contribution in [0.1, 0.15) is 46.0 Å². The van der Waals surface area contributed by atoms with Gasteiger partial charge in [-0.3, -0.25) is 10.2 Å². The number of carboxylic acid groups (broad SMARTS) is 1. The van der Waals surface area contributed by atoms with E-state index in [2.05, 4.69) is 19.3 Å². The molecule has 20 heavy (non-hydrogen) atoms. The number of carboxylic acids is 1. The molecule has 2 aliphatic heterocycles. The number of nitrogens with one attached hydrogen (secondary N) is 1. The smallest absolute Gasteiger partial charge is 0.331 e. The molecule has 2 fully saturated rings. The number of hydrogen-bond acceptors (Lipinski definition) is 3. The first-order valence-corrected chi connectivity index (χ1v) is 7.55. The number of hydrogen-bond donors (Lipinski definition) is 2. The van der Waals surface area contributed by atoms with Gasteiger partial charge >= 0.3 is 12.0 Å². The van der Waals surface area contributed by atoms with Crippen LogP contribution in [-0.4, -0.2) is 52.2 Å². The third-order valence-electron chi connectivity index (χ3n) is 4.48. The zero-order chi connectivity index (χ0) is 14.7. The normalized spacial score (nSPS) is 31.9. The number of likely N-dealkylation sites (tertiary alicyclic amines) is 1. The van der Waals surface area contributed by atoms with Crippen LogP contribution in [0.4, 0.5) is 4.79 Å². The Morgan fingerprint density at radius 2 is 1.75 bits per heavy atom. The van der Waals surface area contributed by atoms with E-state index in [1.165, 1.54) is 6.42 Å². The summed E-state index contributed by atoms with van der Waals surface area (Å²) in [5.74, 6) is -1.23. The van der Waals surface area contributed by atoms with E-state index in [-0.39, 0.29) is 6.03 Å². The van der Waals surface area contributed by atoms with E-state index < -0.39 is 11.9 Å². The summed E-state index contributed by atoms with van der Waals surface area (Å²) < 4.78 is 0. The van der Waals surface area contributed by atoms with E-state index in [1.54, 1.807) is 4.90 Å². The molecule has 6 nitrogen and oxygen atoms in total. The predicted molar refractivity (Wildman–Crippen MR) is 75.1 cm³/mol. The second-order valence-corrected chi connectivity index (χ2v) is 6.08. The molecule has 0 saturated carbocycles. The molecule has 2 aliphatic rings. The van der Waals surface area contributed by atoms with Crippen LogP contribution < -0.4 is 5.43 Å². The molecule has 2 unspecified atom stereocenters. The van der Waals surface area contributed by atoms with Crippen molar-refractivity contribution in [1.29, 1.82) is 0 Å². The van der Waals surface area contributed by atoms with Crippen molar-refractivity contribution in [1.82, 2.24) is 15.3 Å². The third-order valence-corrected chi connectivity index (χ3v) is 4.48. The molecule has 0 bridgehead atoms. The summed E-state index contributed by atoms with van der Waals surface area (Å²) in [6.45, 7) is 5.20. The lowest BCUT2D eigenvalue weighted by atomic mass is 9.98. The zero-order valence-corrected chi connectivity index (χ0v) is 12.3. The van der Waals surface area contributed by atoms with Gasteiger partial charge in [-0.2, -0.15) is 0 Å². The van der Waals surface area contributed by atoms with Gasteiger partial charge in [0.15, 0.2) is 0 Å². The highest BCUT2D eigenvalue weighted by Crippen LogP contribution is 2.21. The van der Waals surface area contributed by atoms with Crippen molar-refractivity contribution in [3.63, 3.8) is 0 Å². The lowest BCUT2D eigenvalue weighted by Crippen LogP contribution is -2.58. The summed E-state index contributed by atoms with van der Waals surface area (Å²) in [5.41, 5.74) is 2.97. The Bertz CT molecular complexity index is 365. The first-order chi connectivity index (χ1) is 9.49. The van der Waals surface area contributed by atoms with Crippen LogP contribution in [0, 0.1) is 5.92 Å². The molecule has 3 atom stereocenters. The molecule has 0 aromatic carbocycles. The molecule has 2 heterocycles. The highest BCUT2D eigenvalue weighted by molar-refractivity contribution is 5.76. The van der Waals surface area contributed by atoms with Crippen molar-refractivity contribution in [2.75, 3.05) is 13.1 Å². The maximum atomic E-state index is 12.3. The van der Waals surface area contributed by atoms with E-state index in [4.69, 9.17) is 5.11 Å². The van der Waals surface area contributed by atoms with Crippen LogP contribution in [0.3, 0.4) is 0 Å². The number of aliphatic carboxylic acids is 1. The average Bonchev–Trinajstić information content (AvgIpc) is 2.43. The van der Waals surface area contributed by atoms with Gasteiger partial charge in [-0.25, -0.2) is 9.80 Å².